The molecule has 3 rings (SSSR count). The summed E-state index contributed by atoms with van der Waals surface area (Å²) < 4.78 is 11.6. The van der Waals surface area contributed by atoms with Gasteiger partial charge in [0.1, 0.15) is 11.6 Å². The van der Waals surface area contributed by atoms with Crippen LogP contribution in [0.5, 0.6) is 5.75 Å². The number of pyridine rings is 1. The first-order valence-corrected chi connectivity index (χ1v) is 11.1. The fraction of sp³-hybridized carbons (Fsp3) is 0.500. The molecule has 1 aromatic heterocycles. The molecule has 1 aliphatic rings. The van der Waals surface area contributed by atoms with E-state index in [1.54, 1.807) is 7.05 Å². The topological polar surface area (TPSA) is 71.0 Å². The van der Waals surface area contributed by atoms with E-state index in [4.69, 9.17) is 9.47 Å². The van der Waals surface area contributed by atoms with Crippen molar-refractivity contribution in [2.75, 3.05) is 38.3 Å². The number of aromatic nitrogens is 1. The second kappa shape index (κ2) is 13.5. The molecule has 2 N–H and O–H groups in total. The normalized spacial score (nSPS) is 15.0. The van der Waals surface area contributed by atoms with Crippen molar-refractivity contribution >= 4 is 35.8 Å². The number of aryl methyl sites for hydroxylation is 1. The number of nitrogens with one attached hydrogen (secondary N) is 2. The second-order valence-electron chi connectivity index (χ2n) is 7.81. The van der Waals surface area contributed by atoms with Crippen molar-refractivity contribution in [2.45, 2.75) is 46.4 Å². The molecule has 0 radical (unpaired) electrons. The summed E-state index contributed by atoms with van der Waals surface area (Å²) in [5, 5.41) is 6.83. The average molecular weight is 553 g/mol. The summed E-state index contributed by atoms with van der Waals surface area (Å²) in [4.78, 5) is 11.3. The quantitative estimate of drug-likeness (QED) is 0.294. The minimum atomic E-state index is 0. The third-order valence-electron chi connectivity index (χ3n) is 5.42. The number of halogens is 1. The number of morpholine rings is 1. The molecule has 8 heteroatoms. The van der Waals surface area contributed by atoms with E-state index >= 15 is 0 Å². The summed E-state index contributed by atoms with van der Waals surface area (Å²) >= 11 is 0. The van der Waals surface area contributed by atoms with Crippen LogP contribution in [0.1, 0.15) is 37.0 Å². The fourth-order valence-corrected chi connectivity index (χ4v) is 3.42. The smallest absolute Gasteiger partial charge is 0.191 e. The molecule has 0 saturated carbocycles. The molecule has 1 unspecified atom stereocenters. The largest absolute Gasteiger partial charge is 0.490 e. The Bertz CT molecular complexity index is 871. The Balaban J connectivity index is 0.00000363. The Hall–Kier alpha value is -2.07. The van der Waals surface area contributed by atoms with Gasteiger partial charge >= 0.3 is 0 Å². The number of hydrogen-bond donors (Lipinski definition) is 2. The zero-order valence-corrected chi connectivity index (χ0v) is 21.9. The molecule has 0 bridgehead atoms. The predicted octanol–water partition coefficient (Wildman–Crippen LogP) is 3.89. The lowest BCUT2D eigenvalue weighted by molar-refractivity contribution is 0.122. The van der Waals surface area contributed by atoms with Gasteiger partial charge in [-0.25, -0.2) is 4.98 Å². The SMILES string of the molecule is CCC(C)Oc1cc(C)ccc1CNC(=NC)NCc1cccnc1N1CCOCC1.I. The van der Waals surface area contributed by atoms with Crippen LogP contribution in [0.15, 0.2) is 41.5 Å². The maximum atomic E-state index is 6.13. The summed E-state index contributed by atoms with van der Waals surface area (Å²) in [5.74, 6) is 2.68. The lowest BCUT2D eigenvalue weighted by Gasteiger charge is -2.29. The molecule has 2 heterocycles. The number of ether oxygens (including phenoxy) is 2. The standard InChI is InChI=1S/C24H35N5O2.HI/c1-5-19(3)31-22-15-18(2)8-9-20(22)16-27-24(25-4)28-17-21-7-6-10-26-23(21)29-11-13-30-14-12-29;/h6-10,15,19H,5,11-14,16-17H2,1-4H3,(H2,25,27,28);1H. The van der Waals surface area contributed by atoms with E-state index in [0.29, 0.717) is 13.1 Å². The van der Waals surface area contributed by atoms with Gasteiger partial charge in [0.25, 0.3) is 0 Å². The summed E-state index contributed by atoms with van der Waals surface area (Å²) in [6.07, 6.45) is 3.00. The highest BCUT2D eigenvalue weighted by atomic mass is 127. The van der Waals surface area contributed by atoms with E-state index in [-0.39, 0.29) is 30.1 Å². The number of hydrogen-bond acceptors (Lipinski definition) is 5. The van der Waals surface area contributed by atoms with Crippen LogP contribution in [0.4, 0.5) is 5.82 Å². The Morgan fingerprint density at radius 1 is 1.19 bits per heavy atom. The van der Waals surface area contributed by atoms with Crippen LogP contribution in [0.25, 0.3) is 0 Å². The van der Waals surface area contributed by atoms with Crippen LogP contribution in [0, 0.1) is 6.92 Å². The number of rotatable bonds is 8. The predicted molar refractivity (Wildman–Crippen MR) is 141 cm³/mol. The molecular weight excluding hydrogens is 517 g/mol. The van der Waals surface area contributed by atoms with Gasteiger partial charge < -0.3 is 25.0 Å². The molecule has 1 atom stereocenters. The molecule has 7 nitrogen and oxygen atoms in total. The van der Waals surface area contributed by atoms with Gasteiger partial charge in [-0.3, -0.25) is 4.99 Å². The monoisotopic (exact) mass is 553 g/mol. The van der Waals surface area contributed by atoms with Crippen molar-refractivity contribution in [2.24, 2.45) is 4.99 Å². The van der Waals surface area contributed by atoms with Crippen LogP contribution in [-0.4, -0.2) is 50.4 Å². The zero-order valence-electron chi connectivity index (χ0n) is 19.6. The van der Waals surface area contributed by atoms with Gasteiger partial charge in [-0.1, -0.05) is 25.1 Å². The summed E-state index contributed by atoms with van der Waals surface area (Å²) in [6.45, 7) is 10.8. The summed E-state index contributed by atoms with van der Waals surface area (Å²) in [5.41, 5.74) is 3.45. The van der Waals surface area contributed by atoms with Gasteiger partial charge in [0, 0.05) is 50.6 Å². The van der Waals surface area contributed by atoms with Gasteiger partial charge in [-0.05, 0) is 38.0 Å². The summed E-state index contributed by atoms with van der Waals surface area (Å²) in [7, 11) is 1.78. The van der Waals surface area contributed by atoms with Gasteiger partial charge in [0.05, 0.1) is 19.3 Å². The van der Waals surface area contributed by atoms with Gasteiger partial charge in [-0.15, -0.1) is 24.0 Å². The van der Waals surface area contributed by atoms with Crippen molar-refractivity contribution in [3.8, 4) is 5.75 Å². The molecule has 1 aromatic carbocycles. The van der Waals surface area contributed by atoms with E-state index < -0.39 is 0 Å². The first-order valence-electron chi connectivity index (χ1n) is 11.1. The molecule has 176 valence electrons. The number of guanidine groups is 1. The number of nitrogens with zero attached hydrogens (tertiary/aromatic N) is 3. The number of benzene rings is 1. The molecule has 2 aromatic rings. The highest BCUT2D eigenvalue weighted by molar-refractivity contribution is 14.0. The van der Waals surface area contributed by atoms with Crippen LogP contribution in [-0.2, 0) is 17.8 Å². The van der Waals surface area contributed by atoms with Crippen molar-refractivity contribution in [1.29, 1.82) is 0 Å². The van der Waals surface area contributed by atoms with Gasteiger partial charge in [-0.2, -0.15) is 0 Å². The van der Waals surface area contributed by atoms with E-state index in [1.165, 1.54) is 5.56 Å². The highest BCUT2D eigenvalue weighted by Gasteiger charge is 2.16. The van der Waals surface area contributed by atoms with Gasteiger partial charge in [0.2, 0.25) is 0 Å². The van der Waals surface area contributed by atoms with Crippen LogP contribution in [0.3, 0.4) is 0 Å². The molecule has 32 heavy (non-hydrogen) atoms. The maximum absolute atomic E-state index is 6.13. The van der Waals surface area contributed by atoms with Crippen LogP contribution >= 0.6 is 24.0 Å². The minimum absolute atomic E-state index is 0. The van der Waals surface area contributed by atoms with E-state index in [9.17, 15) is 0 Å². The number of anilines is 1. The zero-order chi connectivity index (χ0) is 22.1. The Morgan fingerprint density at radius 3 is 2.59 bits per heavy atom. The molecule has 1 aliphatic heterocycles. The van der Waals surface area contributed by atoms with Crippen molar-refractivity contribution < 1.29 is 9.47 Å². The molecule has 0 amide bonds. The fourth-order valence-electron chi connectivity index (χ4n) is 3.42. The van der Waals surface area contributed by atoms with Crippen LogP contribution in [0.2, 0.25) is 0 Å². The third-order valence-corrected chi connectivity index (χ3v) is 5.42. The third kappa shape index (κ3) is 7.51. The Morgan fingerprint density at radius 2 is 1.91 bits per heavy atom. The molecule has 1 fully saturated rings. The van der Waals surface area contributed by atoms with Gasteiger partial charge in [0.15, 0.2) is 5.96 Å². The van der Waals surface area contributed by atoms with E-state index in [2.05, 4.69) is 70.5 Å². The molecule has 0 spiro atoms. The van der Waals surface area contributed by atoms with E-state index in [1.807, 2.05) is 12.3 Å². The van der Waals surface area contributed by atoms with Crippen LogP contribution < -0.4 is 20.3 Å². The number of aliphatic imine (C=N–C) groups is 1. The van der Waals surface area contributed by atoms with Crippen molar-refractivity contribution in [1.82, 2.24) is 15.6 Å². The second-order valence-corrected chi connectivity index (χ2v) is 7.81. The Labute approximate surface area is 209 Å². The highest BCUT2D eigenvalue weighted by Crippen LogP contribution is 2.22. The average Bonchev–Trinajstić information content (AvgIpc) is 2.81. The summed E-state index contributed by atoms with van der Waals surface area (Å²) in [6, 6.07) is 10.4. The molecule has 0 aliphatic carbocycles. The maximum Gasteiger partial charge on any atom is 0.191 e. The van der Waals surface area contributed by atoms with Crippen molar-refractivity contribution in [3.05, 3.63) is 53.2 Å². The minimum Gasteiger partial charge on any atom is -0.490 e. The van der Waals surface area contributed by atoms with Crippen molar-refractivity contribution in [3.63, 3.8) is 0 Å². The lowest BCUT2D eigenvalue weighted by Crippen LogP contribution is -2.39. The Kier molecular flexibility index (Phi) is 11.0. The van der Waals surface area contributed by atoms with E-state index in [0.717, 1.165) is 61.4 Å². The first-order chi connectivity index (χ1) is 15.1. The lowest BCUT2D eigenvalue weighted by atomic mass is 10.1. The molecule has 1 saturated heterocycles. The first kappa shape index (κ1) is 26.2. The molecular formula is C24H36IN5O2.